The van der Waals surface area contributed by atoms with E-state index < -0.39 is 10.0 Å². The molecule has 0 aliphatic carbocycles. The van der Waals surface area contributed by atoms with Crippen LogP contribution >= 0.6 is 0 Å². The Labute approximate surface area is 191 Å². The number of carbonyl (C=O) groups excluding carboxylic acids is 1. The monoisotopic (exact) mass is 455 g/mol. The standard InChI is InChI=1S/C25H33N3O3S/c29-25(26-18-22-9-6-10-23(17-22)19-27-13-4-5-14-27)24-11-15-28(16-12-24)32(30,31)20-21-7-2-1-3-8-21/h1-3,6-10,17,24H,4-5,11-16,18-20H2,(H,26,29). The van der Waals surface area contributed by atoms with Crippen LogP contribution in [0.2, 0.25) is 0 Å². The van der Waals surface area contributed by atoms with Crippen molar-refractivity contribution in [1.29, 1.82) is 0 Å². The first-order valence-electron chi connectivity index (χ1n) is 11.6. The lowest BCUT2D eigenvalue weighted by Crippen LogP contribution is -2.43. The first kappa shape index (κ1) is 23.0. The average molecular weight is 456 g/mol. The second kappa shape index (κ2) is 10.6. The van der Waals surface area contributed by atoms with Gasteiger partial charge in [-0.15, -0.1) is 0 Å². The van der Waals surface area contributed by atoms with Crippen LogP contribution in [0.5, 0.6) is 0 Å². The molecule has 32 heavy (non-hydrogen) atoms. The minimum absolute atomic E-state index is 0.0124. The highest BCUT2D eigenvalue weighted by atomic mass is 32.2. The first-order chi connectivity index (χ1) is 15.5. The molecule has 0 unspecified atom stereocenters. The molecule has 2 saturated heterocycles. The second-order valence-corrected chi connectivity index (χ2v) is 10.9. The van der Waals surface area contributed by atoms with E-state index in [9.17, 15) is 13.2 Å². The van der Waals surface area contributed by atoms with E-state index in [1.807, 2.05) is 36.4 Å². The summed E-state index contributed by atoms with van der Waals surface area (Å²) in [6.07, 6.45) is 3.69. The number of piperidine rings is 1. The summed E-state index contributed by atoms with van der Waals surface area (Å²) in [6.45, 7) is 4.62. The number of hydrogen-bond acceptors (Lipinski definition) is 4. The normalized spacial score (nSPS) is 18.6. The molecule has 0 radical (unpaired) electrons. The fraction of sp³-hybridized carbons (Fsp3) is 0.480. The first-order valence-corrected chi connectivity index (χ1v) is 13.2. The quantitative estimate of drug-likeness (QED) is 0.664. The van der Waals surface area contributed by atoms with Gasteiger partial charge in [-0.05, 0) is 55.5 Å². The Bertz CT molecular complexity index is 996. The lowest BCUT2D eigenvalue weighted by atomic mass is 9.97. The molecule has 0 spiro atoms. The van der Waals surface area contributed by atoms with Gasteiger partial charge in [0.2, 0.25) is 15.9 Å². The van der Waals surface area contributed by atoms with Gasteiger partial charge in [0.25, 0.3) is 0 Å². The van der Waals surface area contributed by atoms with Gasteiger partial charge in [0.1, 0.15) is 0 Å². The smallest absolute Gasteiger partial charge is 0.223 e. The highest BCUT2D eigenvalue weighted by Gasteiger charge is 2.31. The van der Waals surface area contributed by atoms with Crippen molar-refractivity contribution in [2.75, 3.05) is 26.2 Å². The van der Waals surface area contributed by atoms with Crippen molar-refractivity contribution in [1.82, 2.24) is 14.5 Å². The van der Waals surface area contributed by atoms with Crippen molar-refractivity contribution in [3.63, 3.8) is 0 Å². The highest BCUT2D eigenvalue weighted by molar-refractivity contribution is 7.88. The Morgan fingerprint density at radius 2 is 1.53 bits per heavy atom. The van der Waals surface area contributed by atoms with Gasteiger partial charge in [0, 0.05) is 32.1 Å². The van der Waals surface area contributed by atoms with Gasteiger partial charge in [-0.2, -0.15) is 0 Å². The minimum atomic E-state index is -3.36. The minimum Gasteiger partial charge on any atom is -0.352 e. The Balaban J connectivity index is 1.24. The predicted molar refractivity (Wildman–Crippen MR) is 126 cm³/mol. The van der Waals surface area contributed by atoms with E-state index in [0.717, 1.165) is 17.7 Å². The molecule has 0 atom stereocenters. The Kier molecular flexibility index (Phi) is 7.60. The number of sulfonamides is 1. The van der Waals surface area contributed by atoms with E-state index >= 15 is 0 Å². The number of nitrogens with zero attached hydrogens (tertiary/aromatic N) is 2. The van der Waals surface area contributed by atoms with Gasteiger partial charge in [-0.3, -0.25) is 9.69 Å². The third-order valence-corrected chi connectivity index (χ3v) is 8.32. The number of carbonyl (C=O) groups is 1. The number of amides is 1. The van der Waals surface area contributed by atoms with Crippen LogP contribution in [0.1, 0.15) is 42.4 Å². The molecule has 2 aliphatic heterocycles. The Morgan fingerprint density at radius 3 is 2.25 bits per heavy atom. The summed E-state index contributed by atoms with van der Waals surface area (Å²) < 4.78 is 27.0. The molecule has 7 heteroatoms. The summed E-state index contributed by atoms with van der Waals surface area (Å²) in [4.78, 5) is 15.2. The summed E-state index contributed by atoms with van der Waals surface area (Å²) in [6, 6.07) is 17.7. The molecule has 2 aromatic rings. The lowest BCUT2D eigenvalue weighted by Gasteiger charge is -2.30. The maximum absolute atomic E-state index is 12.7. The summed E-state index contributed by atoms with van der Waals surface area (Å²) in [5.74, 6) is -0.0978. The van der Waals surface area contributed by atoms with Crippen LogP contribution in [0, 0.1) is 5.92 Å². The average Bonchev–Trinajstić information content (AvgIpc) is 3.31. The van der Waals surface area contributed by atoms with Crippen LogP contribution in [0.15, 0.2) is 54.6 Å². The van der Waals surface area contributed by atoms with Gasteiger partial charge in [0.05, 0.1) is 5.75 Å². The van der Waals surface area contributed by atoms with E-state index in [1.165, 1.54) is 35.8 Å². The van der Waals surface area contributed by atoms with Gasteiger partial charge in [-0.1, -0.05) is 54.6 Å². The lowest BCUT2D eigenvalue weighted by molar-refractivity contribution is -0.126. The molecule has 6 nitrogen and oxygen atoms in total. The zero-order valence-electron chi connectivity index (χ0n) is 18.6. The molecule has 2 aliphatic rings. The Morgan fingerprint density at radius 1 is 0.875 bits per heavy atom. The van der Waals surface area contributed by atoms with Crippen LogP contribution in [-0.2, 0) is 33.7 Å². The largest absolute Gasteiger partial charge is 0.352 e. The van der Waals surface area contributed by atoms with Gasteiger partial charge in [-0.25, -0.2) is 12.7 Å². The molecule has 0 bridgehead atoms. The van der Waals surface area contributed by atoms with Crippen molar-refractivity contribution < 1.29 is 13.2 Å². The van der Waals surface area contributed by atoms with Gasteiger partial charge in [0.15, 0.2) is 0 Å². The summed E-state index contributed by atoms with van der Waals surface area (Å²) >= 11 is 0. The highest BCUT2D eigenvalue weighted by Crippen LogP contribution is 2.22. The van der Waals surface area contributed by atoms with E-state index in [0.29, 0.717) is 32.5 Å². The van der Waals surface area contributed by atoms with Crippen LogP contribution in [0.4, 0.5) is 0 Å². The second-order valence-electron chi connectivity index (χ2n) is 8.94. The van der Waals surface area contributed by atoms with Gasteiger partial charge < -0.3 is 5.32 Å². The summed E-state index contributed by atoms with van der Waals surface area (Å²) in [7, 11) is -3.36. The van der Waals surface area contributed by atoms with Gasteiger partial charge >= 0.3 is 0 Å². The fourth-order valence-electron chi connectivity index (χ4n) is 4.64. The van der Waals surface area contributed by atoms with E-state index in [4.69, 9.17) is 0 Å². The molecular formula is C25H33N3O3S. The van der Waals surface area contributed by atoms with E-state index in [1.54, 1.807) is 0 Å². The van der Waals surface area contributed by atoms with E-state index in [-0.39, 0.29) is 17.6 Å². The molecule has 2 heterocycles. The zero-order valence-corrected chi connectivity index (χ0v) is 19.4. The van der Waals surface area contributed by atoms with Crippen molar-refractivity contribution in [2.24, 2.45) is 5.92 Å². The number of benzene rings is 2. The van der Waals surface area contributed by atoms with Crippen molar-refractivity contribution in [2.45, 2.75) is 44.5 Å². The van der Waals surface area contributed by atoms with Crippen LogP contribution in [-0.4, -0.2) is 49.7 Å². The third kappa shape index (κ3) is 6.18. The summed E-state index contributed by atoms with van der Waals surface area (Å²) in [5, 5.41) is 3.06. The maximum Gasteiger partial charge on any atom is 0.223 e. The molecule has 172 valence electrons. The topological polar surface area (TPSA) is 69.7 Å². The van der Waals surface area contributed by atoms with Crippen molar-refractivity contribution >= 4 is 15.9 Å². The SMILES string of the molecule is O=C(NCc1cccc(CN2CCCC2)c1)C1CCN(S(=O)(=O)Cc2ccccc2)CC1. The third-order valence-electron chi connectivity index (χ3n) is 6.47. The molecule has 2 aromatic carbocycles. The number of rotatable bonds is 8. The number of likely N-dealkylation sites (tertiary alicyclic amines) is 1. The van der Waals surface area contributed by atoms with Crippen LogP contribution in [0.25, 0.3) is 0 Å². The van der Waals surface area contributed by atoms with Crippen LogP contribution < -0.4 is 5.32 Å². The van der Waals surface area contributed by atoms with Crippen LogP contribution in [0.3, 0.4) is 0 Å². The zero-order chi connectivity index (χ0) is 22.4. The molecule has 0 aromatic heterocycles. The molecule has 0 saturated carbocycles. The Hall–Kier alpha value is -2.22. The molecule has 1 N–H and O–H groups in total. The molecule has 2 fully saturated rings. The fourth-order valence-corrected chi connectivity index (χ4v) is 6.21. The maximum atomic E-state index is 12.7. The summed E-state index contributed by atoms with van der Waals surface area (Å²) in [5.41, 5.74) is 3.19. The molecular weight excluding hydrogens is 422 g/mol. The van der Waals surface area contributed by atoms with E-state index in [2.05, 4.69) is 28.4 Å². The van der Waals surface area contributed by atoms with Crippen molar-refractivity contribution in [3.05, 3.63) is 71.3 Å². The number of hydrogen-bond donors (Lipinski definition) is 1. The number of nitrogens with one attached hydrogen (secondary N) is 1. The molecule has 1 amide bonds. The van der Waals surface area contributed by atoms with Crippen molar-refractivity contribution in [3.8, 4) is 0 Å². The molecule has 4 rings (SSSR count). The predicted octanol–water partition coefficient (Wildman–Crippen LogP) is 3.14.